The summed E-state index contributed by atoms with van der Waals surface area (Å²) in [7, 11) is 0. The van der Waals surface area contributed by atoms with Crippen molar-refractivity contribution in [1.29, 1.82) is 5.26 Å². The number of aromatic nitrogens is 2. The predicted molar refractivity (Wildman–Crippen MR) is 106 cm³/mol. The maximum absolute atomic E-state index is 12.5. The Morgan fingerprint density at radius 3 is 2.54 bits per heavy atom. The minimum atomic E-state index is -0.962. The molecule has 0 radical (unpaired) electrons. The van der Waals surface area contributed by atoms with Crippen molar-refractivity contribution in [1.82, 2.24) is 14.7 Å². The summed E-state index contributed by atoms with van der Waals surface area (Å²) in [6.45, 7) is 3.08. The van der Waals surface area contributed by atoms with Crippen molar-refractivity contribution in [3.05, 3.63) is 52.8 Å². The van der Waals surface area contributed by atoms with Crippen LogP contribution in [0.3, 0.4) is 0 Å². The molecule has 0 aliphatic carbocycles. The van der Waals surface area contributed by atoms with Gasteiger partial charge in [0.05, 0.1) is 35.3 Å². The van der Waals surface area contributed by atoms with E-state index in [9.17, 15) is 9.59 Å². The average Bonchev–Trinajstić information content (AvgIpc) is 3.10. The summed E-state index contributed by atoms with van der Waals surface area (Å²) in [6, 6.07) is 9.63. The molecule has 0 unspecified atom stereocenters. The minimum Gasteiger partial charge on any atom is -0.478 e. The fourth-order valence-corrected chi connectivity index (χ4v) is 4.27. The van der Waals surface area contributed by atoms with Crippen molar-refractivity contribution in [3.8, 4) is 6.07 Å². The third-order valence-corrected chi connectivity index (χ3v) is 6.00. The SMILES string of the molecule is Cc1c(C(=O)O)cnn1C1CCN(C(=O)CSCc2ccc(C#N)cc2)CC1. The lowest BCUT2D eigenvalue weighted by atomic mass is 10.0. The number of aromatic carboxylic acids is 1. The standard InChI is InChI=1S/C20H22N4O3S/c1-14-18(20(26)27)11-22-24(14)17-6-8-23(9-7-17)19(25)13-28-12-16-4-2-15(10-21)3-5-16/h2-5,11,17H,6-9,12-13H2,1H3,(H,26,27). The number of carbonyl (C=O) groups excluding carboxylic acids is 1. The molecule has 1 aromatic heterocycles. The molecule has 2 heterocycles. The second kappa shape index (κ2) is 8.93. The number of nitriles is 1. The molecule has 0 atom stereocenters. The van der Waals surface area contributed by atoms with Crippen LogP contribution in [0.25, 0.3) is 0 Å². The molecule has 1 fully saturated rings. The van der Waals surface area contributed by atoms with E-state index in [4.69, 9.17) is 10.4 Å². The summed E-state index contributed by atoms with van der Waals surface area (Å²) >= 11 is 1.57. The molecule has 0 spiro atoms. The van der Waals surface area contributed by atoms with Crippen LogP contribution < -0.4 is 0 Å². The lowest BCUT2D eigenvalue weighted by Crippen LogP contribution is -2.40. The molecule has 1 saturated heterocycles. The number of carbonyl (C=O) groups is 2. The summed E-state index contributed by atoms with van der Waals surface area (Å²) in [5.41, 5.74) is 2.63. The third-order valence-electron chi connectivity index (χ3n) is 5.02. The third kappa shape index (κ3) is 4.54. The van der Waals surface area contributed by atoms with Gasteiger partial charge in [-0.2, -0.15) is 10.4 Å². The number of hydrogen-bond acceptors (Lipinski definition) is 5. The maximum atomic E-state index is 12.5. The van der Waals surface area contributed by atoms with Gasteiger partial charge >= 0.3 is 5.97 Å². The fourth-order valence-electron chi connectivity index (χ4n) is 3.38. The van der Waals surface area contributed by atoms with Crippen molar-refractivity contribution in [2.24, 2.45) is 0 Å². The van der Waals surface area contributed by atoms with E-state index < -0.39 is 5.97 Å². The number of rotatable bonds is 6. The molecule has 1 aliphatic heterocycles. The molecular weight excluding hydrogens is 376 g/mol. The Morgan fingerprint density at radius 2 is 1.96 bits per heavy atom. The van der Waals surface area contributed by atoms with Crippen LogP contribution in [0.1, 0.15) is 46.1 Å². The number of carboxylic acids is 1. The highest BCUT2D eigenvalue weighted by atomic mass is 32.2. The Hall–Kier alpha value is -2.79. The molecule has 1 aliphatic rings. The highest BCUT2D eigenvalue weighted by Crippen LogP contribution is 2.25. The monoisotopic (exact) mass is 398 g/mol. The highest BCUT2D eigenvalue weighted by Gasteiger charge is 2.26. The first-order valence-corrected chi connectivity index (χ1v) is 10.3. The van der Waals surface area contributed by atoms with Gasteiger partial charge in [-0.25, -0.2) is 4.79 Å². The Bertz CT molecular complexity index is 893. The van der Waals surface area contributed by atoms with E-state index in [0.717, 1.165) is 24.2 Å². The van der Waals surface area contributed by atoms with Crippen molar-refractivity contribution in [2.45, 2.75) is 31.6 Å². The zero-order chi connectivity index (χ0) is 20.1. The van der Waals surface area contributed by atoms with Crippen LogP contribution in [0.2, 0.25) is 0 Å². The largest absolute Gasteiger partial charge is 0.478 e. The normalized spacial score (nSPS) is 14.6. The first-order valence-electron chi connectivity index (χ1n) is 9.11. The molecule has 3 rings (SSSR count). The summed E-state index contributed by atoms with van der Waals surface area (Å²) < 4.78 is 1.78. The van der Waals surface area contributed by atoms with Gasteiger partial charge in [0.1, 0.15) is 5.56 Å². The molecule has 0 saturated carbocycles. The van der Waals surface area contributed by atoms with Gasteiger partial charge in [-0.15, -0.1) is 11.8 Å². The number of hydrogen-bond donors (Lipinski definition) is 1. The van der Waals surface area contributed by atoms with Crippen LogP contribution in [0.5, 0.6) is 0 Å². The van der Waals surface area contributed by atoms with Crippen molar-refractivity contribution >= 4 is 23.6 Å². The van der Waals surface area contributed by atoms with E-state index >= 15 is 0 Å². The maximum Gasteiger partial charge on any atom is 0.339 e. The Labute approximate surface area is 167 Å². The average molecular weight is 398 g/mol. The van der Waals surface area contributed by atoms with Crippen molar-refractivity contribution < 1.29 is 14.7 Å². The van der Waals surface area contributed by atoms with Crippen LogP contribution in [0.15, 0.2) is 30.5 Å². The number of piperidine rings is 1. The van der Waals surface area contributed by atoms with Crippen LogP contribution in [0, 0.1) is 18.3 Å². The number of nitrogens with zero attached hydrogens (tertiary/aromatic N) is 4. The van der Waals surface area contributed by atoms with Gasteiger partial charge < -0.3 is 10.0 Å². The Morgan fingerprint density at radius 1 is 1.29 bits per heavy atom. The molecule has 8 heteroatoms. The Balaban J connectivity index is 1.46. The van der Waals surface area contributed by atoms with Crippen LogP contribution >= 0.6 is 11.8 Å². The number of amides is 1. The van der Waals surface area contributed by atoms with E-state index in [1.165, 1.54) is 6.20 Å². The zero-order valence-electron chi connectivity index (χ0n) is 15.7. The number of likely N-dealkylation sites (tertiary alicyclic amines) is 1. The minimum absolute atomic E-state index is 0.125. The van der Waals surface area contributed by atoms with Gasteiger partial charge in [-0.1, -0.05) is 12.1 Å². The quantitative estimate of drug-likeness (QED) is 0.803. The summed E-state index contributed by atoms with van der Waals surface area (Å²) in [5.74, 6) is 0.323. The van der Waals surface area contributed by atoms with Gasteiger partial charge in [0.2, 0.25) is 5.91 Å². The van der Waals surface area contributed by atoms with Gasteiger partial charge in [-0.3, -0.25) is 9.48 Å². The zero-order valence-corrected chi connectivity index (χ0v) is 16.5. The molecule has 2 aromatic rings. The van der Waals surface area contributed by atoms with Gasteiger partial charge in [0.25, 0.3) is 0 Å². The number of thioether (sulfide) groups is 1. The van der Waals surface area contributed by atoms with Gasteiger partial charge in [0.15, 0.2) is 0 Å². The van der Waals surface area contributed by atoms with Crippen LogP contribution in [0.4, 0.5) is 0 Å². The molecule has 1 aromatic carbocycles. The highest BCUT2D eigenvalue weighted by molar-refractivity contribution is 7.99. The van der Waals surface area contributed by atoms with E-state index in [1.807, 2.05) is 17.0 Å². The molecular formula is C20H22N4O3S. The smallest absolute Gasteiger partial charge is 0.339 e. The topological polar surface area (TPSA) is 99.2 Å². The van der Waals surface area contributed by atoms with Crippen molar-refractivity contribution in [2.75, 3.05) is 18.8 Å². The van der Waals surface area contributed by atoms with E-state index in [2.05, 4.69) is 11.2 Å². The first-order chi connectivity index (χ1) is 13.5. The second-order valence-corrected chi connectivity index (χ2v) is 7.79. The lowest BCUT2D eigenvalue weighted by molar-refractivity contribution is -0.129. The fraction of sp³-hybridized carbons (Fsp3) is 0.400. The summed E-state index contributed by atoms with van der Waals surface area (Å²) in [6.07, 6.45) is 2.94. The van der Waals surface area contributed by atoms with Crippen molar-refractivity contribution in [3.63, 3.8) is 0 Å². The summed E-state index contributed by atoms with van der Waals surface area (Å²) in [5, 5.41) is 22.2. The summed E-state index contributed by atoms with van der Waals surface area (Å²) in [4.78, 5) is 25.5. The van der Waals surface area contributed by atoms with E-state index in [-0.39, 0.29) is 17.5 Å². The molecule has 0 bridgehead atoms. The van der Waals surface area contributed by atoms with Crippen LogP contribution in [-0.2, 0) is 10.5 Å². The molecule has 146 valence electrons. The van der Waals surface area contributed by atoms with E-state index in [1.54, 1.807) is 35.5 Å². The predicted octanol–water partition coefficient (Wildman–Crippen LogP) is 2.86. The number of carboxylic acid groups (broad SMARTS) is 1. The Kier molecular flexibility index (Phi) is 6.37. The van der Waals surface area contributed by atoms with Gasteiger partial charge in [-0.05, 0) is 37.5 Å². The molecule has 7 nitrogen and oxygen atoms in total. The molecule has 1 N–H and O–H groups in total. The second-order valence-electron chi connectivity index (χ2n) is 6.81. The first kappa shape index (κ1) is 20.0. The van der Waals surface area contributed by atoms with Crippen LogP contribution in [-0.4, -0.2) is 50.5 Å². The van der Waals surface area contributed by atoms with E-state index in [0.29, 0.717) is 30.1 Å². The molecule has 28 heavy (non-hydrogen) atoms. The lowest BCUT2D eigenvalue weighted by Gasteiger charge is -2.32. The van der Waals surface area contributed by atoms with Gasteiger partial charge in [0, 0.05) is 18.8 Å². The molecule has 1 amide bonds. The number of benzene rings is 1.